The zero-order valence-electron chi connectivity index (χ0n) is 11.6. The monoisotopic (exact) mass is 285 g/mol. The lowest BCUT2D eigenvalue weighted by Crippen LogP contribution is -2.47. The minimum atomic E-state index is -4.09. The van der Waals surface area contributed by atoms with Gasteiger partial charge >= 0.3 is 6.18 Å². The summed E-state index contributed by atoms with van der Waals surface area (Å²) in [5.74, 6) is -1.21. The summed E-state index contributed by atoms with van der Waals surface area (Å²) in [6.07, 6.45) is -0.0483. The Balaban J connectivity index is 1.85. The Kier molecular flexibility index (Phi) is 4.74. The van der Waals surface area contributed by atoms with Crippen LogP contribution in [0.5, 0.6) is 0 Å². The molecule has 0 aromatic heterocycles. The molecular formula is C16H22F3N. The highest BCUT2D eigenvalue weighted by atomic mass is 19.4. The molecule has 1 aliphatic carbocycles. The van der Waals surface area contributed by atoms with Gasteiger partial charge in [-0.15, -0.1) is 0 Å². The summed E-state index contributed by atoms with van der Waals surface area (Å²) in [6.45, 7) is 0. The molecule has 112 valence electrons. The van der Waals surface area contributed by atoms with E-state index in [1.54, 1.807) is 0 Å². The third-order valence-electron chi connectivity index (χ3n) is 4.33. The number of alkyl halides is 3. The van der Waals surface area contributed by atoms with Crippen molar-refractivity contribution in [3.05, 3.63) is 35.9 Å². The van der Waals surface area contributed by atoms with Crippen LogP contribution < -0.4 is 5.73 Å². The minimum Gasteiger partial charge on any atom is -0.325 e. The molecule has 4 heteroatoms. The smallest absolute Gasteiger partial charge is 0.325 e. The molecule has 2 unspecified atom stereocenters. The topological polar surface area (TPSA) is 26.0 Å². The maximum Gasteiger partial charge on any atom is 0.391 e. The number of benzene rings is 1. The highest BCUT2D eigenvalue weighted by Gasteiger charge is 2.45. The predicted octanol–water partition coefficient (Wildman–Crippen LogP) is 4.46. The fourth-order valence-electron chi connectivity index (χ4n) is 3.19. The number of hydrogen-bond acceptors (Lipinski definition) is 1. The van der Waals surface area contributed by atoms with Gasteiger partial charge < -0.3 is 5.73 Å². The molecule has 0 heterocycles. The molecule has 0 spiro atoms. The van der Waals surface area contributed by atoms with E-state index in [9.17, 15) is 13.2 Å². The van der Waals surface area contributed by atoms with Gasteiger partial charge in [-0.1, -0.05) is 36.8 Å². The van der Waals surface area contributed by atoms with Crippen molar-refractivity contribution in [2.45, 2.75) is 56.7 Å². The molecule has 1 fully saturated rings. The lowest BCUT2D eigenvalue weighted by atomic mass is 9.73. The van der Waals surface area contributed by atoms with E-state index in [0.29, 0.717) is 19.3 Å². The van der Waals surface area contributed by atoms with Gasteiger partial charge in [0.1, 0.15) is 0 Å². The molecule has 1 saturated carbocycles. The van der Waals surface area contributed by atoms with Gasteiger partial charge in [0.25, 0.3) is 0 Å². The van der Waals surface area contributed by atoms with Crippen molar-refractivity contribution in [1.82, 2.24) is 0 Å². The first kappa shape index (κ1) is 15.4. The van der Waals surface area contributed by atoms with Crippen LogP contribution in [0.2, 0.25) is 0 Å². The van der Waals surface area contributed by atoms with E-state index in [1.165, 1.54) is 5.56 Å². The first-order chi connectivity index (χ1) is 9.39. The molecule has 0 radical (unpaired) electrons. The van der Waals surface area contributed by atoms with Gasteiger partial charge in [0, 0.05) is 5.54 Å². The summed E-state index contributed by atoms with van der Waals surface area (Å²) in [4.78, 5) is 0. The van der Waals surface area contributed by atoms with E-state index in [0.717, 1.165) is 12.8 Å². The average molecular weight is 285 g/mol. The Bertz CT molecular complexity index is 415. The molecule has 0 amide bonds. The predicted molar refractivity (Wildman–Crippen MR) is 74.3 cm³/mol. The zero-order chi connectivity index (χ0) is 14.6. The molecule has 20 heavy (non-hydrogen) atoms. The van der Waals surface area contributed by atoms with Gasteiger partial charge in [0.15, 0.2) is 0 Å². The van der Waals surface area contributed by atoms with Crippen LogP contribution in [0.4, 0.5) is 13.2 Å². The quantitative estimate of drug-likeness (QED) is 0.868. The number of aryl methyl sites for hydroxylation is 1. The summed E-state index contributed by atoms with van der Waals surface area (Å²) < 4.78 is 38.4. The number of halogens is 3. The first-order valence-corrected chi connectivity index (χ1v) is 7.29. The fraction of sp³-hybridized carbons (Fsp3) is 0.625. The van der Waals surface area contributed by atoms with Crippen LogP contribution in [0, 0.1) is 5.92 Å². The van der Waals surface area contributed by atoms with Crippen LogP contribution in [0.1, 0.15) is 44.1 Å². The van der Waals surface area contributed by atoms with E-state index >= 15 is 0 Å². The molecular weight excluding hydrogens is 263 g/mol. The van der Waals surface area contributed by atoms with Crippen molar-refractivity contribution in [2.75, 3.05) is 0 Å². The Hall–Kier alpha value is -1.03. The SMILES string of the molecule is NC1(CCCc2ccccc2)CCCC(C(F)(F)F)C1. The second-order valence-corrected chi connectivity index (χ2v) is 6.04. The van der Waals surface area contributed by atoms with Gasteiger partial charge in [-0.05, 0) is 44.1 Å². The van der Waals surface area contributed by atoms with Crippen LogP contribution >= 0.6 is 0 Å². The molecule has 1 aliphatic rings. The Morgan fingerprint density at radius 1 is 1.20 bits per heavy atom. The molecule has 0 aliphatic heterocycles. The van der Waals surface area contributed by atoms with Crippen LogP contribution in [0.3, 0.4) is 0 Å². The van der Waals surface area contributed by atoms with Gasteiger partial charge in [-0.25, -0.2) is 0 Å². The molecule has 0 bridgehead atoms. The van der Waals surface area contributed by atoms with Crippen molar-refractivity contribution >= 4 is 0 Å². The van der Waals surface area contributed by atoms with Crippen molar-refractivity contribution in [3.8, 4) is 0 Å². The van der Waals surface area contributed by atoms with Crippen LogP contribution in [0.15, 0.2) is 30.3 Å². The van der Waals surface area contributed by atoms with E-state index < -0.39 is 17.6 Å². The van der Waals surface area contributed by atoms with Crippen LogP contribution in [-0.2, 0) is 6.42 Å². The third-order valence-corrected chi connectivity index (χ3v) is 4.33. The minimum absolute atomic E-state index is 0.0886. The standard InChI is InChI=1S/C16H22F3N/c17-16(18,19)14-9-5-11-15(20,12-14)10-4-8-13-6-2-1-3-7-13/h1-3,6-7,14H,4-5,8-12,20H2. The maximum absolute atomic E-state index is 12.8. The molecule has 0 saturated heterocycles. The average Bonchev–Trinajstić information content (AvgIpc) is 2.39. The lowest BCUT2D eigenvalue weighted by Gasteiger charge is -2.39. The fourth-order valence-corrected chi connectivity index (χ4v) is 3.19. The van der Waals surface area contributed by atoms with E-state index in [4.69, 9.17) is 5.73 Å². The summed E-state index contributed by atoms with van der Waals surface area (Å²) in [7, 11) is 0. The van der Waals surface area contributed by atoms with E-state index in [-0.39, 0.29) is 12.8 Å². The molecule has 2 atom stereocenters. The summed E-state index contributed by atoms with van der Waals surface area (Å²) in [5.41, 5.74) is 6.80. The first-order valence-electron chi connectivity index (χ1n) is 7.29. The highest BCUT2D eigenvalue weighted by Crippen LogP contribution is 2.42. The second-order valence-electron chi connectivity index (χ2n) is 6.04. The number of hydrogen-bond donors (Lipinski definition) is 1. The largest absolute Gasteiger partial charge is 0.391 e. The summed E-state index contributed by atoms with van der Waals surface area (Å²) >= 11 is 0. The lowest BCUT2D eigenvalue weighted by molar-refractivity contribution is -0.187. The van der Waals surface area contributed by atoms with Crippen molar-refractivity contribution < 1.29 is 13.2 Å². The zero-order valence-corrected chi connectivity index (χ0v) is 11.6. The molecule has 1 aromatic carbocycles. The normalized spacial score (nSPS) is 27.5. The number of nitrogens with two attached hydrogens (primary N) is 1. The Labute approximate surface area is 118 Å². The maximum atomic E-state index is 12.8. The summed E-state index contributed by atoms with van der Waals surface area (Å²) in [5, 5.41) is 0. The summed E-state index contributed by atoms with van der Waals surface area (Å²) in [6, 6.07) is 10.0. The molecule has 2 N–H and O–H groups in total. The molecule has 1 aromatic rings. The van der Waals surface area contributed by atoms with Gasteiger partial charge in [-0.3, -0.25) is 0 Å². The van der Waals surface area contributed by atoms with Crippen molar-refractivity contribution in [1.29, 1.82) is 0 Å². The molecule has 1 nitrogen and oxygen atoms in total. The second kappa shape index (κ2) is 6.17. The Morgan fingerprint density at radius 2 is 1.90 bits per heavy atom. The molecule has 2 rings (SSSR count). The van der Waals surface area contributed by atoms with Crippen LogP contribution in [-0.4, -0.2) is 11.7 Å². The Morgan fingerprint density at radius 3 is 2.55 bits per heavy atom. The van der Waals surface area contributed by atoms with Crippen LogP contribution in [0.25, 0.3) is 0 Å². The van der Waals surface area contributed by atoms with Gasteiger partial charge in [0.2, 0.25) is 0 Å². The number of rotatable bonds is 4. The van der Waals surface area contributed by atoms with Crippen molar-refractivity contribution in [2.24, 2.45) is 11.7 Å². The van der Waals surface area contributed by atoms with E-state index in [1.807, 2.05) is 30.3 Å². The van der Waals surface area contributed by atoms with E-state index in [2.05, 4.69) is 0 Å². The van der Waals surface area contributed by atoms with Gasteiger partial charge in [0.05, 0.1) is 5.92 Å². The van der Waals surface area contributed by atoms with Crippen molar-refractivity contribution in [3.63, 3.8) is 0 Å². The van der Waals surface area contributed by atoms with Gasteiger partial charge in [-0.2, -0.15) is 13.2 Å². The highest BCUT2D eigenvalue weighted by molar-refractivity contribution is 5.14. The third kappa shape index (κ3) is 4.23.